The molecule has 2 atom stereocenters. The topological polar surface area (TPSA) is 112 Å². The van der Waals surface area contributed by atoms with Gasteiger partial charge in [-0.15, -0.1) is 28.5 Å². The van der Waals surface area contributed by atoms with Gasteiger partial charge in [-0.3, -0.25) is 4.79 Å². The summed E-state index contributed by atoms with van der Waals surface area (Å²) in [5.41, 5.74) is 0.166. The highest BCUT2D eigenvalue weighted by atomic mass is 32.1. The molecule has 0 amide bonds. The van der Waals surface area contributed by atoms with Crippen LogP contribution < -0.4 is 19.7 Å². The number of alkyl halides is 3. The molecule has 2 aromatic heterocycles. The Labute approximate surface area is 208 Å². The smallest absolute Gasteiger partial charge is 0.497 e. The van der Waals surface area contributed by atoms with Gasteiger partial charge in [0.05, 0.1) is 13.5 Å². The second-order valence-electron chi connectivity index (χ2n) is 7.91. The van der Waals surface area contributed by atoms with E-state index in [0.29, 0.717) is 10.1 Å². The predicted molar refractivity (Wildman–Crippen MR) is 124 cm³/mol. The summed E-state index contributed by atoms with van der Waals surface area (Å²) in [5, 5.41) is 20.6. The number of nitrogens with one attached hydrogen (secondary N) is 1. The molecule has 10 nitrogen and oxygen atoms in total. The second kappa shape index (κ2) is 11.0. The highest BCUT2D eigenvalue weighted by molar-refractivity contribution is 7.15. The Hall–Kier alpha value is -3.52. The third-order valence-electron chi connectivity index (χ3n) is 5.39. The number of hydrogen-bond donors (Lipinski definition) is 1. The van der Waals surface area contributed by atoms with Gasteiger partial charge in [0.2, 0.25) is 5.13 Å². The third-order valence-corrected chi connectivity index (χ3v) is 6.25. The van der Waals surface area contributed by atoms with Crippen LogP contribution in [0.1, 0.15) is 23.1 Å². The minimum absolute atomic E-state index is 0.0936. The SMILES string of the molecule is COc1cc(OC(F)(F)F)cc([C@@H](OC)C(=O)Cc2nnc(N[C@@H]3CCN(c4cccnn4)C3)s2)c1. The number of benzene rings is 1. The fourth-order valence-corrected chi connectivity index (χ4v) is 4.68. The largest absolute Gasteiger partial charge is 0.573 e. The van der Waals surface area contributed by atoms with Gasteiger partial charge in [0, 0.05) is 38.5 Å². The number of aromatic nitrogens is 4. The van der Waals surface area contributed by atoms with Gasteiger partial charge in [0.25, 0.3) is 0 Å². The number of methoxy groups -OCH3 is 2. The van der Waals surface area contributed by atoms with Crippen molar-refractivity contribution in [3.05, 3.63) is 47.1 Å². The number of ketones is 1. The van der Waals surface area contributed by atoms with Crippen LogP contribution in [-0.4, -0.2) is 65.9 Å². The Bertz CT molecular complexity index is 1180. The Kier molecular flexibility index (Phi) is 7.84. The van der Waals surface area contributed by atoms with E-state index in [9.17, 15) is 18.0 Å². The van der Waals surface area contributed by atoms with E-state index < -0.39 is 24.0 Å². The first-order chi connectivity index (χ1) is 17.2. The number of rotatable bonds is 10. The van der Waals surface area contributed by atoms with Crippen LogP contribution in [0.15, 0.2) is 36.5 Å². The van der Waals surface area contributed by atoms with E-state index in [1.165, 1.54) is 31.6 Å². The molecule has 4 rings (SSSR count). The van der Waals surface area contributed by atoms with Gasteiger partial charge >= 0.3 is 6.36 Å². The summed E-state index contributed by atoms with van der Waals surface area (Å²) in [4.78, 5) is 15.1. The molecular weight excluding hydrogens is 501 g/mol. The van der Waals surface area contributed by atoms with Crippen molar-refractivity contribution in [2.24, 2.45) is 0 Å². The molecule has 3 aromatic rings. The molecule has 0 radical (unpaired) electrons. The van der Waals surface area contributed by atoms with Crippen LogP contribution in [0.5, 0.6) is 11.5 Å². The highest BCUT2D eigenvalue weighted by Crippen LogP contribution is 2.32. The molecule has 1 aromatic carbocycles. The Morgan fingerprint density at radius 2 is 2.03 bits per heavy atom. The summed E-state index contributed by atoms with van der Waals surface area (Å²) in [6.07, 6.45) is -3.66. The molecule has 3 heterocycles. The molecule has 1 aliphatic heterocycles. The first-order valence-electron chi connectivity index (χ1n) is 10.9. The summed E-state index contributed by atoms with van der Waals surface area (Å²) < 4.78 is 52.5. The molecule has 1 aliphatic rings. The average Bonchev–Trinajstić information content (AvgIpc) is 3.48. The fraction of sp³-hybridized carbons (Fsp3) is 0.409. The lowest BCUT2D eigenvalue weighted by Gasteiger charge is -2.17. The van der Waals surface area contributed by atoms with Crippen LogP contribution in [0.4, 0.5) is 24.1 Å². The first-order valence-corrected chi connectivity index (χ1v) is 11.7. The van der Waals surface area contributed by atoms with Crippen molar-refractivity contribution in [1.29, 1.82) is 0 Å². The molecule has 0 saturated carbocycles. The van der Waals surface area contributed by atoms with Crippen LogP contribution in [0.3, 0.4) is 0 Å². The average molecular weight is 525 g/mol. The molecule has 1 saturated heterocycles. The lowest BCUT2D eigenvalue weighted by atomic mass is 10.0. The number of halogens is 3. The highest BCUT2D eigenvalue weighted by Gasteiger charge is 2.32. The fourth-order valence-electron chi connectivity index (χ4n) is 3.86. The number of carbonyl (C=O) groups is 1. The number of carbonyl (C=O) groups excluding carboxylic acids is 1. The molecule has 14 heteroatoms. The quantitative estimate of drug-likeness (QED) is 0.423. The van der Waals surface area contributed by atoms with Crippen molar-refractivity contribution in [1.82, 2.24) is 20.4 Å². The number of Topliss-reactive ketones (excluding diaryl/α,β-unsaturated/α-hetero) is 1. The third kappa shape index (κ3) is 6.57. The first kappa shape index (κ1) is 25.6. The van der Waals surface area contributed by atoms with Gasteiger partial charge in [0.15, 0.2) is 11.6 Å². The number of anilines is 2. The van der Waals surface area contributed by atoms with E-state index in [4.69, 9.17) is 9.47 Å². The Balaban J connectivity index is 1.39. The van der Waals surface area contributed by atoms with Crippen LogP contribution in [-0.2, 0) is 16.0 Å². The van der Waals surface area contributed by atoms with Crippen molar-refractivity contribution in [2.75, 3.05) is 37.5 Å². The zero-order valence-electron chi connectivity index (χ0n) is 19.4. The maximum absolute atomic E-state index is 13.0. The number of nitrogens with zero attached hydrogens (tertiary/aromatic N) is 5. The zero-order valence-corrected chi connectivity index (χ0v) is 20.2. The summed E-state index contributed by atoms with van der Waals surface area (Å²) in [7, 11) is 2.59. The van der Waals surface area contributed by atoms with Crippen LogP contribution in [0.25, 0.3) is 0 Å². The number of ether oxygens (including phenoxy) is 3. The standard InChI is InChI=1S/C22H23F3N6O4S/c1-33-15-8-13(9-16(10-15)35-22(23,24)25)20(34-2)17(32)11-19-29-30-21(36-19)27-14-5-7-31(12-14)18-4-3-6-26-28-18/h3-4,6,8-10,14,20H,5,7,11-12H2,1-2H3,(H,27,30)/t14-,20-/m1/s1. The minimum atomic E-state index is -4.89. The lowest BCUT2D eigenvalue weighted by molar-refractivity contribution is -0.274. The summed E-state index contributed by atoms with van der Waals surface area (Å²) in [5.74, 6) is -0.0179. The van der Waals surface area contributed by atoms with Crippen molar-refractivity contribution in [3.8, 4) is 11.5 Å². The van der Waals surface area contributed by atoms with Crippen LogP contribution in [0, 0.1) is 0 Å². The van der Waals surface area contributed by atoms with Crippen LogP contribution >= 0.6 is 11.3 Å². The van der Waals surface area contributed by atoms with E-state index >= 15 is 0 Å². The van der Waals surface area contributed by atoms with Gasteiger partial charge in [-0.05, 0) is 36.2 Å². The maximum Gasteiger partial charge on any atom is 0.573 e. The molecule has 0 bridgehead atoms. The molecule has 36 heavy (non-hydrogen) atoms. The van der Waals surface area contributed by atoms with Crippen LogP contribution in [0.2, 0.25) is 0 Å². The maximum atomic E-state index is 13.0. The van der Waals surface area contributed by atoms with Crippen molar-refractivity contribution in [3.63, 3.8) is 0 Å². The van der Waals surface area contributed by atoms with Crippen molar-refractivity contribution >= 4 is 28.1 Å². The van der Waals surface area contributed by atoms with E-state index in [2.05, 4.69) is 35.3 Å². The molecule has 0 aliphatic carbocycles. The van der Waals surface area contributed by atoms with Gasteiger partial charge in [-0.1, -0.05) is 11.3 Å². The number of hydrogen-bond acceptors (Lipinski definition) is 11. The van der Waals surface area contributed by atoms with Crippen molar-refractivity contribution < 1.29 is 32.2 Å². The normalized spacial score (nSPS) is 16.6. The molecule has 1 fully saturated rings. The molecule has 0 spiro atoms. The minimum Gasteiger partial charge on any atom is -0.497 e. The van der Waals surface area contributed by atoms with Gasteiger partial charge in [-0.25, -0.2) is 0 Å². The lowest BCUT2D eigenvalue weighted by Crippen LogP contribution is -2.26. The van der Waals surface area contributed by atoms with E-state index in [1.807, 2.05) is 12.1 Å². The second-order valence-corrected chi connectivity index (χ2v) is 8.97. The van der Waals surface area contributed by atoms with E-state index in [-0.39, 0.29) is 23.8 Å². The van der Waals surface area contributed by atoms with Gasteiger partial charge in [0.1, 0.15) is 22.6 Å². The molecule has 0 unspecified atom stereocenters. The predicted octanol–water partition coefficient (Wildman–Crippen LogP) is 3.43. The van der Waals surface area contributed by atoms with Gasteiger partial charge in [-0.2, -0.15) is 5.10 Å². The molecular formula is C22H23F3N6O4S. The van der Waals surface area contributed by atoms with E-state index in [1.54, 1.807) is 6.20 Å². The van der Waals surface area contributed by atoms with E-state index in [0.717, 1.165) is 37.5 Å². The van der Waals surface area contributed by atoms with Gasteiger partial charge < -0.3 is 24.4 Å². The molecule has 1 N–H and O–H groups in total. The molecule has 192 valence electrons. The monoisotopic (exact) mass is 524 g/mol. The summed E-state index contributed by atoms with van der Waals surface area (Å²) in [6.45, 7) is 1.53. The summed E-state index contributed by atoms with van der Waals surface area (Å²) >= 11 is 1.23. The zero-order chi connectivity index (χ0) is 25.7. The summed E-state index contributed by atoms with van der Waals surface area (Å²) in [6, 6.07) is 7.45. The Morgan fingerprint density at radius 3 is 2.72 bits per heavy atom. The Morgan fingerprint density at radius 1 is 1.22 bits per heavy atom. The van der Waals surface area contributed by atoms with Crippen molar-refractivity contribution in [2.45, 2.75) is 31.3 Å².